The monoisotopic (exact) mass is 495 g/mol. The molecule has 36 heavy (non-hydrogen) atoms. The number of fused-ring (bicyclic) bond motifs is 1. The van der Waals surface area contributed by atoms with Gasteiger partial charge >= 0.3 is 5.82 Å². The summed E-state index contributed by atoms with van der Waals surface area (Å²) in [6.45, 7) is 4.66. The van der Waals surface area contributed by atoms with Crippen molar-refractivity contribution in [2.75, 3.05) is 33.3 Å². The highest BCUT2D eigenvalue weighted by molar-refractivity contribution is 5.97. The number of para-hydroxylation sites is 1. The fraction of sp³-hybridized carbons (Fsp3) is 0.480. The lowest BCUT2D eigenvalue weighted by molar-refractivity contribution is -0.389. The number of aryl methyl sites for hydroxylation is 2. The molecule has 2 aliphatic rings. The zero-order valence-corrected chi connectivity index (χ0v) is 20.4. The molecule has 1 spiro atoms. The van der Waals surface area contributed by atoms with E-state index in [2.05, 4.69) is 4.98 Å². The molecule has 190 valence electrons. The summed E-state index contributed by atoms with van der Waals surface area (Å²) in [4.78, 5) is 44.0. The third kappa shape index (κ3) is 4.40. The maximum absolute atomic E-state index is 13.1. The van der Waals surface area contributed by atoms with E-state index >= 15 is 0 Å². The van der Waals surface area contributed by atoms with Gasteiger partial charge in [0.15, 0.2) is 17.1 Å². The molecular formula is C25H29N5O6. The Bertz CT molecular complexity index is 1320. The predicted molar refractivity (Wildman–Crippen MR) is 130 cm³/mol. The molecule has 2 fully saturated rings. The molecule has 3 aromatic rings. The summed E-state index contributed by atoms with van der Waals surface area (Å²) in [5, 5.41) is 11.7. The van der Waals surface area contributed by atoms with Crippen molar-refractivity contribution in [2.45, 2.75) is 39.2 Å². The van der Waals surface area contributed by atoms with Crippen molar-refractivity contribution >= 4 is 28.6 Å². The Labute approximate surface area is 207 Å². The summed E-state index contributed by atoms with van der Waals surface area (Å²) in [6, 6.07) is 7.32. The van der Waals surface area contributed by atoms with Crippen molar-refractivity contribution < 1.29 is 23.7 Å². The van der Waals surface area contributed by atoms with Crippen LogP contribution in [0.4, 0.5) is 5.82 Å². The van der Waals surface area contributed by atoms with Crippen molar-refractivity contribution in [3.05, 3.63) is 52.2 Å². The van der Waals surface area contributed by atoms with E-state index in [1.54, 1.807) is 30.7 Å². The number of likely N-dealkylation sites (tertiary alicyclic amines) is 2. The smallest absolute Gasteiger partial charge is 0.381 e. The summed E-state index contributed by atoms with van der Waals surface area (Å²) in [5.74, 6) is 1.14. The Morgan fingerprint density at radius 3 is 2.58 bits per heavy atom. The molecule has 11 heteroatoms. The van der Waals surface area contributed by atoms with E-state index in [0.29, 0.717) is 55.6 Å². The van der Waals surface area contributed by atoms with Gasteiger partial charge in [-0.3, -0.25) is 9.59 Å². The third-order valence-corrected chi connectivity index (χ3v) is 7.56. The van der Waals surface area contributed by atoms with Gasteiger partial charge in [0, 0.05) is 51.5 Å². The van der Waals surface area contributed by atoms with Crippen LogP contribution in [-0.4, -0.2) is 69.4 Å². The quantitative estimate of drug-likeness (QED) is 0.379. The number of benzene rings is 1. The molecule has 2 saturated heterocycles. The lowest BCUT2D eigenvalue weighted by Crippen LogP contribution is -2.44. The Morgan fingerprint density at radius 1 is 1.19 bits per heavy atom. The van der Waals surface area contributed by atoms with Gasteiger partial charge in [-0.25, -0.2) is 0 Å². The highest BCUT2D eigenvalue weighted by atomic mass is 16.6. The molecule has 0 radical (unpaired) electrons. The average Bonchev–Trinajstić information content (AvgIpc) is 3.59. The van der Waals surface area contributed by atoms with E-state index in [1.807, 2.05) is 21.9 Å². The van der Waals surface area contributed by atoms with Gasteiger partial charge in [0.1, 0.15) is 6.20 Å². The molecule has 0 bridgehead atoms. The van der Waals surface area contributed by atoms with E-state index in [1.165, 1.54) is 6.20 Å². The number of hydrogen-bond acceptors (Lipinski definition) is 7. The van der Waals surface area contributed by atoms with Crippen LogP contribution in [0.3, 0.4) is 0 Å². The molecule has 2 amide bonds. The van der Waals surface area contributed by atoms with Crippen LogP contribution in [0.15, 0.2) is 34.9 Å². The number of amides is 2. The van der Waals surface area contributed by atoms with Gasteiger partial charge in [-0.1, -0.05) is 12.1 Å². The average molecular weight is 496 g/mol. The number of hydrogen-bond donors (Lipinski definition) is 0. The number of furan rings is 1. The molecule has 0 atom stereocenters. The number of imidazole rings is 1. The lowest BCUT2D eigenvalue weighted by atomic mass is 9.77. The summed E-state index contributed by atoms with van der Waals surface area (Å²) in [7, 11) is 1.57. The Hall–Kier alpha value is -3.89. The number of rotatable bonds is 6. The largest absolute Gasteiger partial charge is 0.493 e. The fourth-order valence-electron chi connectivity index (χ4n) is 5.38. The van der Waals surface area contributed by atoms with Crippen molar-refractivity contribution in [3.8, 4) is 5.75 Å². The lowest BCUT2D eigenvalue weighted by Gasteiger charge is -2.39. The van der Waals surface area contributed by atoms with Crippen LogP contribution in [-0.2, 0) is 11.3 Å². The van der Waals surface area contributed by atoms with Crippen LogP contribution in [0, 0.1) is 22.5 Å². The highest BCUT2D eigenvalue weighted by Crippen LogP contribution is 2.41. The van der Waals surface area contributed by atoms with Crippen LogP contribution in [0.25, 0.3) is 11.0 Å². The number of aromatic nitrogens is 2. The Morgan fingerprint density at radius 2 is 1.92 bits per heavy atom. The topological polar surface area (TPSA) is 124 Å². The van der Waals surface area contributed by atoms with Crippen molar-refractivity contribution in [1.29, 1.82) is 0 Å². The third-order valence-electron chi connectivity index (χ3n) is 7.56. The molecule has 2 aromatic heterocycles. The molecule has 0 N–H and O–H groups in total. The minimum absolute atomic E-state index is 0.0211. The van der Waals surface area contributed by atoms with Crippen LogP contribution >= 0.6 is 0 Å². The zero-order chi connectivity index (χ0) is 25.4. The zero-order valence-electron chi connectivity index (χ0n) is 20.4. The second-order valence-corrected chi connectivity index (χ2v) is 9.69. The van der Waals surface area contributed by atoms with Gasteiger partial charge in [-0.2, -0.15) is 0 Å². The first-order valence-corrected chi connectivity index (χ1v) is 12.1. The SMILES string of the molecule is COc1cccc2cc(C(=O)N3CCC4(CCN(C(=O)CCn5cc([N+](=O)[O-])nc5C)C4)CC3)oc12. The highest BCUT2D eigenvalue weighted by Gasteiger charge is 2.43. The predicted octanol–water partition coefficient (Wildman–Crippen LogP) is 3.40. The van der Waals surface area contributed by atoms with Gasteiger partial charge < -0.3 is 33.6 Å². The maximum Gasteiger partial charge on any atom is 0.381 e. The van der Waals surface area contributed by atoms with Crippen LogP contribution in [0.2, 0.25) is 0 Å². The molecule has 2 aliphatic heterocycles. The minimum Gasteiger partial charge on any atom is -0.493 e. The molecule has 1 aromatic carbocycles. The molecule has 11 nitrogen and oxygen atoms in total. The summed E-state index contributed by atoms with van der Waals surface area (Å²) in [5.41, 5.74) is 0.593. The van der Waals surface area contributed by atoms with E-state index in [0.717, 1.165) is 24.6 Å². The fourth-order valence-corrected chi connectivity index (χ4v) is 5.38. The van der Waals surface area contributed by atoms with Crippen molar-refractivity contribution in [3.63, 3.8) is 0 Å². The van der Waals surface area contributed by atoms with Gasteiger partial charge in [0.05, 0.1) is 7.11 Å². The van der Waals surface area contributed by atoms with Crippen LogP contribution in [0.5, 0.6) is 5.75 Å². The maximum atomic E-state index is 13.1. The first kappa shape index (κ1) is 23.8. The number of methoxy groups -OCH3 is 1. The van der Waals surface area contributed by atoms with Gasteiger partial charge in [-0.15, -0.1) is 0 Å². The molecule has 0 saturated carbocycles. The first-order chi connectivity index (χ1) is 17.3. The summed E-state index contributed by atoms with van der Waals surface area (Å²) in [6.07, 6.45) is 4.22. The molecule has 4 heterocycles. The van der Waals surface area contributed by atoms with E-state index in [4.69, 9.17) is 9.15 Å². The van der Waals surface area contributed by atoms with Gasteiger partial charge in [0.2, 0.25) is 11.7 Å². The second kappa shape index (κ2) is 9.29. The van der Waals surface area contributed by atoms with E-state index in [-0.39, 0.29) is 29.5 Å². The molecule has 0 unspecified atom stereocenters. The van der Waals surface area contributed by atoms with Crippen molar-refractivity contribution in [2.24, 2.45) is 5.41 Å². The number of carbonyl (C=O) groups excluding carboxylic acids is 2. The van der Waals surface area contributed by atoms with Gasteiger partial charge in [0.25, 0.3) is 5.91 Å². The standard InChI is InChI=1S/C25H29N5O6/c1-17-26-21(30(33)34)15-28(17)10-6-22(31)29-13-9-25(16-29)7-11-27(12-8-25)24(32)20-14-18-4-3-5-19(35-2)23(18)36-20/h3-5,14-15H,6-13,16H2,1-2H3. The summed E-state index contributed by atoms with van der Waals surface area (Å²) >= 11 is 0. The van der Waals surface area contributed by atoms with Crippen LogP contribution < -0.4 is 4.74 Å². The minimum atomic E-state index is -0.530. The number of ether oxygens (including phenoxy) is 1. The number of nitrogens with zero attached hydrogens (tertiary/aromatic N) is 5. The summed E-state index contributed by atoms with van der Waals surface area (Å²) < 4.78 is 12.8. The number of piperidine rings is 1. The molecule has 0 aliphatic carbocycles. The van der Waals surface area contributed by atoms with Crippen molar-refractivity contribution in [1.82, 2.24) is 19.4 Å². The molecule has 5 rings (SSSR count). The Balaban J connectivity index is 1.16. The second-order valence-electron chi connectivity index (χ2n) is 9.69. The van der Waals surface area contributed by atoms with Crippen LogP contribution in [0.1, 0.15) is 42.1 Å². The van der Waals surface area contributed by atoms with Gasteiger partial charge in [-0.05, 0) is 46.7 Å². The van der Waals surface area contributed by atoms with E-state index < -0.39 is 4.92 Å². The number of carbonyl (C=O) groups is 2. The first-order valence-electron chi connectivity index (χ1n) is 12.1. The Kier molecular flexibility index (Phi) is 6.15. The number of nitro groups is 1. The normalized spacial score (nSPS) is 17.2. The molecular weight excluding hydrogens is 466 g/mol. The van der Waals surface area contributed by atoms with E-state index in [9.17, 15) is 19.7 Å².